The monoisotopic (exact) mass is 362 g/mol. The number of hydrogen-bond donors (Lipinski definition) is 1. The van der Waals surface area contributed by atoms with Gasteiger partial charge in [-0.15, -0.1) is 6.58 Å². The number of amides is 1. The molecule has 0 bridgehead atoms. The van der Waals surface area contributed by atoms with E-state index in [1.165, 1.54) is 0 Å². The first kappa shape index (κ1) is 17.3. The molecule has 1 aromatic carbocycles. The van der Waals surface area contributed by atoms with Crippen LogP contribution in [0.1, 0.15) is 40.0 Å². The standard InChI is InChI=1S/C21H22N4O2/c1-2-11-22-20(26)16-9-7-15(8-10-16)14-24-12-13-25-19(21(24)27)17-5-3-4-6-18(17)23-25/h2,7-10,12-13H,1,3-6,11,14H2,(H,22,26). The summed E-state index contributed by atoms with van der Waals surface area (Å²) in [4.78, 5) is 24.9. The highest BCUT2D eigenvalue weighted by Gasteiger charge is 2.19. The molecule has 0 saturated carbocycles. The Balaban J connectivity index is 1.60. The van der Waals surface area contributed by atoms with Gasteiger partial charge in [0, 0.05) is 30.1 Å². The third kappa shape index (κ3) is 3.30. The number of fused-ring (bicyclic) bond motifs is 3. The first-order chi connectivity index (χ1) is 13.2. The van der Waals surface area contributed by atoms with Crippen LogP contribution in [0, 0.1) is 0 Å². The van der Waals surface area contributed by atoms with Crippen molar-refractivity contribution in [2.45, 2.75) is 32.2 Å². The number of benzene rings is 1. The van der Waals surface area contributed by atoms with Crippen molar-refractivity contribution in [3.8, 4) is 0 Å². The van der Waals surface area contributed by atoms with Gasteiger partial charge in [0.2, 0.25) is 0 Å². The second-order valence-corrected chi connectivity index (χ2v) is 6.85. The predicted octanol–water partition coefficient (Wildman–Crippen LogP) is 2.34. The molecule has 6 heteroatoms. The Hall–Kier alpha value is -3.15. The number of nitrogens with one attached hydrogen (secondary N) is 1. The third-order valence-corrected chi connectivity index (χ3v) is 5.01. The molecule has 3 aromatic rings. The zero-order chi connectivity index (χ0) is 18.8. The van der Waals surface area contributed by atoms with Gasteiger partial charge in [0.15, 0.2) is 0 Å². The van der Waals surface area contributed by atoms with Crippen LogP contribution in [-0.4, -0.2) is 26.6 Å². The molecule has 138 valence electrons. The van der Waals surface area contributed by atoms with Crippen LogP contribution >= 0.6 is 0 Å². The van der Waals surface area contributed by atoms with Crippen molar-refractivity contribution in [1.82, 2.24) is 19.5 Å². The lowest BCUT2D eigenvalue weighted by Crippen LogP contribution is -2.24. The Bertz CT molecular complexity index is 1060. The maximum atomic E-state index is 13.0. The summed E-state index contributed by atoms with van der Waals surface area (Å²) >= 11 is 0. The van der Waals surface area contributed by atoms with Gasteiger partial charge >= 0.3 is 0 Å². The number of aromatic nitrogens is 3. The molecule has 0 saturated heterocycles. The zero-order valence-electron chi connectivity index (χ0n) is 15.1. The summed E-state index contributed by atoms with van der Waals surface area (Å²) in [6, 6.07) is 7.31. The van der Waals surface area contributed by atoms with Gasteiger partial charge in [0.1, 0.15) is 5.52 Å². The molecule has 0 aliphatic heterocycles. The maximum Gasteiger partial charge on any atom is 0.277 e. The summed E-state index contributed by atoms with van der Waals surface area (Å²) in [5, 5.41) is 7.32. The molecule has 4 rings (SSSR count). The lowest BCUT2D eigenvalue weighted by molar-refractivity contribution is 0.0958. The van der Waals surface area contributed by atoms with Crippen LogP contribution in [0.5, 0.6) is 0 Å². The Morgan fingerprint density at radius 3 is 2.74 bits per heavy atom. The Kier molecular flexibility index (Phi) is 4.62. The highest BCUT2D eigenvalue weighted by molar-refractivity contribution is 5.94. The fourth-order valence-corrected chi connectivity index (χ4v) is 3.61. The smallest absolute Gasteiger partial charge is 0.277 e. The molecule has 0 spiro atoms. The van der Waals surface area contributed by atoms with Crippen LogP contribution in [0.15, 0.2) is 54.1 Å². The summed E-state index contributed by atoms with van der Waals surface area (Å²) in [5.74, 6) is -0.133. The summed E-state index contributed by atoms with van der Waals surface area (Å²) in [6.07, 6.45) is 9.39. The quantitative estimate of drug-likeness (QED) is 0.709. The Morgan fingerprint density at radius 1 is 1.19 bits per heavy atom. The van der Waals surface area contributed by atoms with E-state index in [-0.39, 0.29) is 11.5 Å². The van der Waals surface area contributed by atoms with Crippen molar-refractivity contribution in [2.24, 2.45) is 0 Å². The fraction of sp³-hybridized carbons (Fsp3) is 0.286. The first-order valence-corrected chi connectivity index (χ1v) is 9.25. The predicted molar refractivity (Wildman–Crippen MR) is 104 cm³/mol. The van der Waals surface area contributed by atoms with Gasteiger partial charge in [-0.2, -0.15) is 5.10 Å². The van der Waals surface area contributed by atoms with Gasteiger partial charge in [-0.05, 0) is 43.4 Å². The minimum Gasteiger partial charge on any atom is -0.349 e. The van der Waals surface area contributed by atoms with Crippen LogP contribution in [0.25, 0.3) is 5.52 Å². The maximum absolute atomic E-state index is 13.0. The van der Waals surface area contributed by atoms with E-state index >= 15 is 0 Å². The minimum absolute atomic E-state index is 0.0130. The molecule has 1 N–H and O–H groups in total. The average molecular weight is 362 g/mol. The zero-order valence-corrected chi connectivity index (χ0v) is 15.1. The van der Waals surface area contributed by atoms with Gasteiger partial charge in [0.05, 0.1) is 12.2 Å². The van der Waals surface area contributed by atoms with Crippen molar-refractivity contribution < 1.29 is 4.79 Å². The van der Waals surface area contributed by atoms with Gasteiger partial charge in [-0.25, -0.2) is 4.52 Å². The molecule has 0 unspecified atom stereocenters. The summed E-state index contributed by atoms with van der Waals surface area (Å²) in [7, 11) is 0. The highest BCUT2D eigenvalue weighted by atomic mass is 16.1. The average Bonchev–Trinajstić information content (AvgIpc) is 3.08. The number of hydrogen-bond acceptors (Lipinski definition) is 3. The van der Waals surface area contributed by atoms with E-state index in [9.17, 15) is 9.59 Å². The van der Waals surface area contributed by atoms with E-state index in [4.69, 9.17) is 0 Å². The largest absolute Gasteiger partial charge is 0.349 e. The topological polar surface area (TPSA) is 68.4 Å². The van der Waals surface area contributed by atoms with Gasteiger partial charge < -0.3 is 9.88 Å². The fourth-order valence-electron chi connectivity index (χ4n) is 3.61. The number of carbonyl (C=O) groups excluding carboxylic acids is 1. The molecule has 1 amide bonds. The number of nitrogens with zero attached hydrogens (tertiary/aromatic N) is 3. The summed E-state index contributed by atoms with van der Waals surface area (Å²) in [5.41, 5.74) is 4.41. The van der Waals surface area contributed by atoms with E-state index in [0.29, 0.717) is 24.2 Å². The molecular formula is C21H22N4O2. The van der Waals surface area contributed by atoms with Crippen LogP contribution in [0.3, 0.4) is 0 Å². The van der Waals surface area contributed by atoms with Crippen LogP contribution in [-0.2, 0) is 19.4 Å². The highest BCUT2D eigenvalue weighted by Crippen LogP contribution is 2.22. The molecule has 1 aliphatic carbocycles. The minimum atomic E-state index is -0.133. The molecule has 6 nitrogen and oxygen atoms in total. The van der Waals surface area contributed by atoms with Crippen molar-refractivity contribution in [3.05, 3.63) is 82.1 Å². The van der Waals surface area contributed by atoms with Gasteiger partial charge in [-0.3, -0.25) is 9.59 Å². The van der Waals surface area contributed by atoms with E-state index in [1.54, 1.807) is 33.5 Å². The van der Waals surface area contributed by atoms with Gasteiger partial charge in [-0.1, -0.05) is 18.2 Å². The normalized spacial score (nSPS) is 13.3. The van der Waals surface area contributed by atoms with E-state index < -0.39 is 0 Å². The third-order valence-electron chi connectivity index (χ3n) is 5.01. The van der Waals surface area contributed by atoms with Crippen molar-refractivity contribution in [1.29, 1.82) is 0 Å². The molecule has 0 fully saturated rings. The van der Waals surface area contributed by atoms with Gasteiger partial charge in [0.25, 0.3) is 11.5 Å². The SMILES string of the molecule is C=CCNC(=O)c1ccc(Cn2ccn3nc4c(c3c2=O)CCCC4)cc1. The molecule has 2 heterocycles. The second-order valence-electron chi connectivity index (χ2n) is 6.85. The molecule has 1 aliphatic rings. The Morgan fingerprint density at radius 2 is 1.96 bits per heavy atom. The molecule has 2 aromatic heterocycles. The van der Waals surface area contributed by atoms with Crippen LogP contribution in [0.4, 0.5) is 0 Å². The summed E-state index contributed by atoms with van der Waals surface area (Å²) in [6.45, 7) is 4.49. The lowest BCUT2D eigenvalue weighted by Gasteiger charge is -2.10. The molecule has 0 atom stereocenters. The number of rotatable bonds is 5. The molecule has 0 radical (unpaired) electrons. The Labute approximate surface area is 157 Å². The van der Waals surface area contributed by atoms with Crippen LogP contribution < -0.4 is 10.9 Å². The van der Waals surface area contributed by atoms with E-state index in [1.807, 2.05) is 18.3 Å². The second kappa shape index (κ2) is 7.23. The van der Waals surface area contributed by atoms with Crippen molar-refractivity contribution in [2.75, 3.05) is 6.54 Å². The van der Waals surface area contributed by atoms with E-state index in [2.05, 4.69) is 17.0 Å². The number of carbonyl (C=O) groups is 1. The van der Waals surface area contributed by atoms with Crippen molar-refractivity contribution >= 4 is 11.4 Å². The first-order valence-electron chi connectivity index (χ1n) is 9.25. The van der Waals surface area contributed by atoms with Crippen LogP contribution in [0.2, 0.25) is 0 Å². The molecular weight excluding hydrogens is 340 g/mol. The number of aryl methyl sites for hydroxylation is 2. The van der Waals surface area contributed by atoms with E-state index in [0.717, 1.165) is 42.5 Å². The molecule has 27 heavy (non-hydrogen) atoms. The lowest BCUT2D eigenvalue weighted by atomic mass is 9.97. The summed E-state index contributed by atoms with van der Waals surface area (Å²) < 4.78 is 3.43. The van der Waals surface area contributed by atoms with Crippen molar-refractivity contribution in [3.63, 3.8) is 0 Å².